The van der Waals surface area contributed by atoms with E-state index in [0.717, 1.165) is 49.1 Å². The van der Waals surface area contributed by atoms with E-state index in [9.17, 15) is 18.4 Å². The van der Waals surface area contributed by atoms with Crippen molar-refractivity contribution >= 4 is 23.4 Å². The maximum absolute atomic E-state index is 13.5. The number of carbonyl (C=O) groups is 1. The topological polar surface area (TPSA) is 74.8 Å². The van der Waals surface area contributed by atoms with E-state index in [-0.39, 0.29) is 23.6 Å². The Morgan fingerprint density at radius 1 is 1.27 bits per heavy atom. The maximum Gasteiger partial charge on any atom is 0.254 e. The zero-order chi connectivity index (χ0) is 18.5. The molecule has 1 heterocycles. The molecule has 5 nitrogen and oxygen atoms in total. The molecule has 0 saturated carbocycles. The Balaban J connectivity index is 1.47. The first-order chi connectivity index (χ1) is 12.5. The number of rotatable bonds is 6. The second-order valence-corrected chi connectivity index (χ2v) is 7.21. The Labute approximate surface area is 153 Å². The van der Waals surface area contributed by atoms with Crippen LogP contribution in [0.4, 0.5) is 14.5 Å². The predicted molar refractivity (Wildman–Crippen MR) is 96.4 cm³/mol. The van der Waals surface area contributed by atoms with Crippen molar-refractivity contribution in [3.8, 4) is 0 Å². The molecule has 0 fully saturated rings. The number of carbonyl (C=O) groups excluding carboxylic acids is 1. The van der Waals surface area contributed by atoms with E-state index in [1.54, 1.807) is 0 Å². The second-order valence-electron chi connectivity index (χ2n) is 6.13. The monoisotopic (exact) mass is 379 g/mol. The third-order valence-electron chi connectivity index (χ3n) is 4.16. The van der Waals surface area contributed by atoms with Crippen molar-refractivity contribution in [1.82, 2.24) is 9.97 Å². The highest BCUT2D eigenvalue weighted by molar-refractivity contribution is 7.99. The van der Waals surface area contributed by atoms with E-state index in [1.807, 2.05) is 0 Å². The molecule has 0 aliphatic heterocycles. The van der Waals surface area contributed by atoms with Gasteiger partial charge in [-0.15, -0.1) is 0 Å². The molecule has 2 N–H and O–H groups in total. The highest BCUT2D eigenvalue weighted by Crippen LogP contribution is 2.20. The van der Waals surface area contributed by atoms with Crippen LogP contribution in [-0.2, 0) is 17.6 Å². The lowest BCUT2D eigenvalue weighted by Gasteiger charge is -2.14. The fraction of sp³-hybridized carbons (Fsp3) is 0.389. The van der Waals surface area contributed by atoms with Gasteiger partial charge in [0.2, 0.25) is 5.91 Å². The summed E-state index contributed by atoms with van der Waals surface area (Å²) < 4.78 is 26.3. The number of H-pyrrole nitrogens is 1. The number of aryl methyl sites for hydroxylation is 1. The van der Waals surface area contributed by atoms with Gasteiger partial charge in [-0.3, -0.25) is 9.59 Å². The zero-order valence-electron chi connectivity index (χ0n) is 14.1. The van der Waals surface area contributed by atoms with Crippen molar-refractivity contribution in [3.05, 3.63) is 51.4 Å². The highest BCUT2D eigenvalue weighted by Gasteiger charge is 2.15. The Bertz CT molecular complexity index is 870. The Hall–Kier alpha value is -2.22. The number of nitrogens with zero attached hydrogens (tertiary/aromatic N) is 1. The summed E-state index contributed by atoms with van der Waals surface area (Å²) in [5.74, 6) is -1.24. The smallest absolute Gasteiger partial charge is 0.254 e. The summed E-state index contributed by atoms with van der Waals surface area (Å²) in [6, 6.07) is 3.01. The van der Waals surface area contributed by atoms with Crippen molar-refractivity contribution < 1.29 is 13.6 Å². The molecule has 3 rings (SSSR count). The van der Waals surface area contributed by atoms with Gasteiger partial charge >= 0.3 is 0 Å². The summed E-state index contributed by atoms with van der Waals surface area (Å²) in [4.78, 5) is 31.2. The van der Waals surface area contributed by atoms with Gasteiger partial charge in [-0.05, 0) is 44.2 Å². The predicted octanol–water partition coefficient (Wildman–Crippen LogP) is 3.44. The number of amides is 1. The molecule has 8 heteroatoms. The lowest BCUT2D eigenvalue weighted by atomic mass is 9.97. The molecule has 1 aliphatic rings. The summed E-state index contributed by atoms with van der Waals surface area (Å²) in [5, 5.41) is 2.99. The van der Waals surface area contributed by atoms with E-state index in [0.29, 0.717) is 17.3 Å². The minimum absolute atomic E-state index is 0.0373. The normalized spacial score (nSPS) is 13.3. The van der Waals surface area contributed by atoms with Gasteiger partial charge in [0.1, 0.15) is 11.6 Å². The summed E-state index contributed by atoms with van der Waals surface area (Å²) >= 11 is 1.39. The van der Waals surface area contributed by atoms with E-state index in [4.69, 9.17) is 0 Å². The van der Waals surface area contributed by atoms with Gasteiger partial charge < -0.3 is 10.3 Å². The number of aromatic amines is 1. The van der Waals surface area contributed by atoms with Crippen LogP contribution in [0.2, 0.25) is 0 Å². The largest absolute Gasteiger partial charge is 0.324 e. The molecule has 0 radical (unpaired) electrons. The SMILES string of the molecule is O=C(CCCSc1nc2c(c(=O)[nH]1)CCCC2)Nc1ccc(F)cc1F. The molecular weight excluding hydrogens is 360 g/mol. The lowest BCUT2D eigenvalue weighted by molar-refractivity contribution is -0.116. The van der Waals surface area contributed by atoms with E-state index in [2.05, 4.69) is 15.3 Å². The quantitative estimate of drug-likeness (QED) is 0.458. The summed E-state index contributed by atoms with van der Waals surface area (Å²) in [6.07, 6.45) is 4.42. The van der Waals surface area contributed by atoms with Gasteiger partial charge in [-0.1, -0.05) is 11.8 Å². The van der Waals surface area contributed by atoms with Crippen LogP contribution >= 0.6 is 11.8 Å². The number of hydrogen-bond donors (Lipinski definition) is 2. The van der Waals surface area contributed by atoms with Crippen LogP contribution in [0.1, 0.15) is 36.9 Å². The standard InChI is InChI=1S/C18H19F2N3O2S/c19-11-7-8-15(13(20)10-11)21-16(24)6-3-9-26-18-22-14-5-2-1-4-12(14)17(25)23-18/h7-8,10H,1-6,9H2,(H,21,24)(H,22,23,25). The maximum atomic E-state index is 13.5. The summed E-state index contributed by atoms with van der Waals surface area (Å²) in [7, 11) is 0. The average Bonchev–Trinajstić information content (AvgIpc) is 2.61. The van der Waals surface area contributed by atoms with Crippen molar-refractivity contribution in [2.45, 2.75) is 43.7 Å². The second kappa shape index (κ2) is 8.44. The Kier molecular flexibility index (Phi) is 6.03. The minimum atomic E-state index is -0.802. The number of hydrogen-bond acceptors (Lipinski definition) is 4. The number of benzene rings is 1. The Morgan fingerprint density at radius 2 is 2.08 bits per heavy atom. The molecule has 1 aliphatic carbocycles. The highest BCUT2D eigenvalue weighted by atomic mass is 32.2. The van der Waals surface area contributed by atoms with Crippen molar-refractivity contribution in [2.24, 2.45) is 0 Å². The van der Waals surface area contributed by atoms with Crippen LogP contribution in [0.15, 0.2) is 28.2 Å². The number of thioether (sulfide) groups is 1. The molecule has 1 aromatic heterocycles. The van der Waals surface area contributed by atoms with Crippen LogP contribution in [0.3, 0.4) is 0 Å². The lowest BCUT2D eigenvalue weighted by Crippen LogP contribution is -2.21. The first kappa shape index (κ1) is 18.6. The van der Waals surface area contributed by atoms with Gasteiger partial charge in [-0.25, -0.2) is 13.8 Å². The van der Waals surface area contributed by atoms with Gasteiger partial charge in [-0.2, -0.15) is 0 Å². The van der Waals surface area contributed by atoms with Crippen molar-refractivity contribution in [3.63, 3.8) is 0 Å². The van der Waals surface area contributed by atoms with Crippen molar-refractivity contribution in [1.29, 1.82) is 0 Å². The van der Waals surface area contributed by atoms with Gasteiger partial charge in [0.15, 0.2) is 5.16 Å². The molecule has 0 atom stereocenters. The summed E-state index contributed by atoms with van der Waals surface area (Å²) in [6.45, 7) is 0. The van der Waals surface area contributed by atoms with Crippen molar-refractivity contribution in [2.75, 3.05) is 11.1 Å². The van der Waals surface area contributed by atoms with E-state index >= 15 is 0 Å². The molecule has 26 heavy (non-hydrogen) atoms. The van der Waals surface area contributed by atoms with Crippen LogP contribution in [-0.4, -0.2) is 21.6 Å². The zero-order valence-corrected chi connectivity index (χ0v) is 14.9. The fourth-order valence-corrected chi connectivity index (χ4v) is 3.68. The molecule has 0 saturated heterocycles. The molecule has 0 unspecified atom stereocenters. The molecule has 1 aromatic carbocycles. The molecule has 0 bridgehead atoms. The average molecular weight is 379 g/mol. The van der Waals surface area contributed by atoms with E-state index in [1.165, 1.54) is 17.8 Å². The van der Waals surface area contributed by atoms with Crippen LogP contribution < -0.4 is 10.9 Å². The third-order valence-corrected chi connectivity index (χ3v) is 5.12. The van der Waals surface area contributed by atoms with Crippen LogP contribution in [0.25, 0.3) is 0 Å². The van der Waals surface area contributed by atoms with Gasteiger partial charge in [0, 0.05) is 23.8 Å². The first-order valence-electron chi connectivity index (χ1n) is 8.52. The minimum Gasteiger partial charge on any atom is -0.324 e. The Morgan fingerprint density at radius 3 is 2.88 bits per heavy atom. The molecule has 138 valence electrons. The van der Waals surface area contributed by atoms with Gasteiger partial charge in [0.25, 0.3) is 5.56 Å². The number of nitrogens with one attached hydrogen (secondary N) is 2. The first-order valence-corrected chi connectivity index (χ1v) is 9.51. The molecule has 1 amide bonds. The number of aromatic nitrogens is 2. The van der Waals surface area contributed by atoms with Crippen LogP contribution in [0, 0.1) is 11.6 Å². The number of fused-ring (bicyclic) bond motifs is 1. The fourth-order valence-electron chi connectivity index (χ4n) is 2.85. The van der Waals surface area contributed by atoms with Crippen LogP contribution in [0.5, 0.6) is 0 Å². The number of anilines is 1. The number of halogens is 2. The molecular formula is C18H19F2N3O2S. The van der Waals surface area contributed by atoms with Gasteiger partial charge in [0.05, 0.1) is 11.4 Å². The molecule has 0 spiro atoms. The summed E-state index contributed by atoms with van der Waals surface area (Å²) in [5.41, 5.74) is 1.57. The molecule has 2 aromatic rings. The third kappa shape index (κ3) is 4.69. The van der Waals surface area contributed by atoms with E-state index < -0.39 is 11.6 Å².